The van der Waals surface area contributed by atoms with Gasteiger partial charge in [-0.15, -0.1) is 0 Å². The van der Waals surface area contributed by atoms with E-state index in [1.165, 1.54) is 12.1 Å². The van der Waals surface area contributed by atoms with E-state index < -0.39 is 5.97 Å². The molecule has 104 valence electrons. The summed E-state index contributed by atoms with van der Waals surface area (Å²) in [6.45, 7) is 4.92. The molecule has 3 N–H and O–H groups in total. The molecule has 5 nitrogen and oxygen atoms in total. The summed E-state index contributed by atoms with van der Waals surface area (Å²) in [4.78, 5) is 22.2. The predicted octanol–water partition coefficient (Wildman–Crippen LogP) is 2.94. The van der Waals surface area contributed by atoms with Crippen LogP contribution in [0.4, 0.5) is 10.5 Å². The van der Waals surface area contributed by atoms with Crippen molar-refractivity contribution in [2.75, 3.05) is 11.9 Å². The first-order valence-electron chi connectivity index (χ1n) is 6.37. The topological polar surface area (TPSA) is 78.4 Å². The Morgan fingerprint density at radius 3 is 2.37 bits per heavy atom. The highest BCUT2D eigenvalue weighted by molar-refractivity contribution is 5.91. The summed E-state index contributed by atoms with van der Waals surface area (Å²) >= 11 is 0. The number of rotatable bonds is 6. The van der Waals surface area contributed by atoms with Crippen LogP contribution in [0, 0.1) is 5.92 Å². The molecule has 19 heavy (non-hydrogen) atoms. The monoisotopic (exact) mass is 264 g/mol. The molecule has 0 unspecified atom stereocenters. The van der Waals surface area contributed by atoms with Crippen LogP contribution in [0.1, 0.15) is 37.0 Å². The highest BCUT2D eigenvalue weighted by Gasteiger charge is 2.04. The second-order valence-corrected chi connectivity index (χ2v) is 4.80. The maximum absolute atomic E-state index is 11.5. The Balaban J connectivity index is 2.34. The first kappa shape index (κ1) is 15.0. The number of anilines is 1. The zero-order valence-corrected chi connectivity index (χ0v) is 11.3. The van der Waals surface area contributed by atoms with Gasteiger partial charge in [0.2, 0.25) is 0 Å². The summed E-state index contributed by atoms with van der Waals surface area (Å²) in [7, 11) is 0. The van der Waals surface area contributed by atoms with E-state index in [-0.39, 0.29) is 11.6 Å². The molecule has 0 aliphatic rings. The van der Waals surface area contributed by atoms with Crippen LogP contribution in [-0.4, -0.2) is 23.7 Å². The molecule has 0 atom stereocenters. The van der Waals surface area contributed by atoms with Gasteiger partial charge in [-0.25, -0.2) is 9.59 Å². The minimum absolute atomic E-state index is 0.197. The lowest BCUT2D eigenvalue weighted by Gasteiger charge is -2.08. The van der Waals surface area contributed by atoms with Crippen molar-refractivity contribution < 1.29 is 14.7 Å². The van der Waals surface area contributed by atoms with Gasteiger partial charge in [-0.1, -0.05) is 13.8 Å². The molecule has 2 amide bonds. The fourth-order valence-electron chi connectivity index (χ4n) is 1.58. The number of hydrogen-bond acceptors (Lipinski definition) is 2. The van der Waals surface area contributed by atoms with Crippen molar-refractivity contribution in [3.8, 4) is 0 Å². The molecule has 0 saturated heterocycles. The van der Waals surface area contributed by atoms with E-state index in [0.29, 0.717) is 18.2 Å². The number of carbonyl (C=O) groups is 2. The van der Waals surface area contributed by atoms with Gasteiger partial charge in [0.25, 0.3) is 0 Å². The maximum Gasteiger partial charge on any atom is 0.335 e. The zero-order chi connectivity index (χ0) is 14.3. The molecule has 0 aromatic heterocycles. The summed E-state index contributed by atoms with van der Waals surface area (Å²) < 4.78 is 0. The molecule has 1 aromatic rings. The van der Waals surface area contributed by atoms with Crippen molar-refractivity contribution in [3.63, 3.8) is 0 Å². The summed E-state index contributed by atoms with van der Waals surface area (Å²) in [6.07, 6.45) is 2.02. The van der Waals surface area contributed by atoms with E-state index in [9.17, 15) is 9.59 Å². The Kier molecular flexibility index (Phi) is 5.85. The van der Waals surface area contributed by atoms with Gasteiger partial charge >= 0.3 is 12.0 Å². The average Bonchev–Trinajstić information content (AvgIpc) is 2.35. The predicted molar refractivity (Wildman–Crippen MR) is 74.5 cm³/mol. The van der Waals surface area contributed by atoms with Crippen LogP contribution in [0.25, 0.3) is 0 Å². The van der Waals surface area contributed by atoms with E-state index in [4.69, 9.17) is 5.11 Å². The third kappa shape index (κ3) is 5.90. The van der Waals surface area contributed by atoms with Crippen molar-refractivity contribution >= 4 is 17.7 Å². The summed E-state index contributed by atoms with van der Waals surface area (Å²) in [5.74, 6) is -0.349. The Labute approximate surface area is 113 Å². The van der Waals surface area contributed by atoms with Crippen LogP contribution < -0.4 is 10.6 Å². The molecule has 0 radical (unpaired) electrons. The van der Waals surface area contributed by atoms with Gasteiger partial charge in [-0.3, -0.25) is 0 Å². The number of amides is 2. The first-order valence-corrected chi connectivity index (χ1v) is 6.37. The van der Waals surface area contributed by atoms with Gasteiger partial charge in [-0.2, -0.15) is 0 Å². The molecular weight excluding hydrogens is 244 g/mol. The van der Waals surface area contributed by atoms with E-state index in [2.05, 4.69) is 24.5 Å². The normalized spacial score (nSPS) is 10.3. The molecule has 0 spiro atoms. The van der Waals surface area contributed by atoms with Crippen LogP contribution in [0.3, 0.4) is 0 Å². The Bertz CT molecular complexity index is 427. The summed E-state index contributed by atoms with van der Waals surface area (Å²) in [5, 5.41) is 14.2. The lowest BCUT2D eigenvalue weighted by molar-refractivity contribution is 0.0697. The van der Waals surface area contributed by atoms with Crippen LogP contribution in [0.2, 0.25) is 0 Å². The minimum atomic E-state index is -0.982. The summed E-state index contributed by atoms with van der Waals surface area (Å²) in [6, 6.07) is 5.77. The van der Waals surface area contributed by atoms with Crippen LogP contribution in [0.15, 0.2) is 24.3 Å². The lowest BCUT2D eigenvalue weighted by atomic mass is 10.1. The summed E-state index contributed by atoms with van der Waals surface area (Å²) in [5.41, 5.74) is 0.772. The fourth-order valence-corrected chi connectivity index (χ4v) is 1.58. The van der Waals surface area contributed by atoms with Gasteiger partial charge in [0.1, 0.15) is 0 Å². The van der Waals surface area contributed by atoms with Crippen LogP contribution >= 0.6 is 0 Å². The molecule has 0 aliphatic carbocycles. The highest BCUT2D eigenvalue weighted by atomic mass is 16.4. The molecule has 0 aliphatic heterocycles. The number of carboxylic acids is 1. The average molecular weight is 264 g/mol. The second-order valence-electron chi connectivity index (χ2n) is 4.80. The standard InChI is InChI=1S/C14H20N2O3/c1-10(2)4-3-9-15-14(19)16-12-7-5-11(6-8-12)13(17)18/h5-8,10H,3-4,9H2,1-2H3,(H,17,18)(H2,15,16,19). The number of nitrogens with one attached hydrogen (secondary N) is 2. The Morgan fingerprint density at radius 2 is 1.84 bits per heavy atom. The first-order chi connectivity index (χ1) is 8.99. The van der Waals surface area contributed by atoms with E-state index >= 15 is 0 Å². The van der Waals surface area contributed by atoms with Crippen molar-refractivity contribution in [3.05, 3.63) is 29.8 Å². The molecule has 0 fully saturated rings. The fraction of sp³-hybridized carbons (Fsp3) is 0.429. The number of carbonyl (C=O) groups excluding carboxylic acids is 1. The molecule has 5 heteroatoms. The third-order valence-corrected chi connectivity index (χ3v) is 2.63. The molecular formula is C14H20N2O3. The number of carboxylic acid groups (broad SMARTS) is 1. The van der Waals surface area contributed by atoms with E-state index in [1.54, 1.807) is 12.1 Å². The van der Waals surface area contributed by atoms with Gasteiger partial charge < -0.3 is 15.7 Å². The van der Waals surface area contributed by atoms with Gasteiger partial charge in [-0.05, 0) is 43.0 Å². The molecule has 1 rings (SSSR count). The number of urea groups is 1. The van der Waals surface area contributed by atoms with Crippen LogP contribution in [0.5, 0.6) is 0 Å². The molecule has 1 aromatic carbocycles. The van der Waals surface area contributed by atoms with Crippen molar-refractivity contribution in [1.29, 1.82) is 0 Å². The molecule has 0 heterocycles. The van der Waals surface area contributed by atoms with Crippen LogP contribution in [-0.2, 0) is 0 Å². The number of aromatic carboxylic acids is 1. The molecule has 0 bridgehead atoms. The number of hydrogen-bond donors (Lipinski definition) is 3. The maximum atomic E-state index is 11.5. The Hall–Kier alpha value is -2.04. The Morgan fingerprint density at radius 1 is 1.21 bits per heavy atom. The van der Waals surface area contributed by atoms with Crippen molar-refractivity contribution in [1.82, 2.24) is 5.32 Å². The highest BCUT2D eigenvalue weighted by Crippen LogP contribution is 2.09. The van der Waals surface area contributed by atoms with E-state index in [0.717, 1.165) is 12.8 Å². The largest absolute Gasteiger partial charge is 0.478 e. The van der Waals surface area contributed by atoms with Gasteiger partial charge in [0, 0.05) is 12.2 Å². The lowest BCUT2D eigenvalue weighted by Crippen LogP contribution is -2.29. The minimum Gasteiger partial charge on any atom is -0.478 e. The third-order valence-electron chi connectivity index (χ3n) is 2.63. The quantitative estimate of drug-likeness (QED) is 0.691. The van der Waals surface area contributed by atoms with Crippen molar-refractivity contribution in [2.24, 2.45) is 5.92 Å². The SMILES string of the molecule is CC(C)CCCNC(=O)Nc1ccc(C(=O)O)cc1. The number of benzene rings is 1. The van der Waals surface area contributed by atoms with Crippen molar-refractivity contribution in [2.45, 2.75) is 26.7 Å². The van der Waals surface area contributed by atoms with Gasteiger partial charge in [0.05, 0.1) is 5.56 Å². The van der Waals surface area contributed by atoms with E-state index in [1.807, 2.05) is 0 Å². The zero-order valence-electron chi connectivity index (χ0n) is 11.3. The molecule has 0 saturated carbocycles. The van der Waals surface area contributed by atoms with Gasteiger partial charge in [0.15, 0.2) is 0 Å². The smallest absolute Gasteiger partial charge is 0.335 e. The second kappa shape index (κ2) is 7.41.